The van der Waals surface area contributed by atoms with Crippen LogP contribution in [0.3, 0.4) is 0 Å². The number of carbonyl (C=O) groups is 1. The zero-order chi connectivity index (χ0) is 11.4. The summed E-state index contributed by atoms with van der Waals surface area (Å²) in [5, 5.41) is 26.2. The molecule has 1 aliphatic carbocycles. The van der Waals surface area contributed by atoms with Crippen molar-refractivity contribution in [3.05, 3.63) is 28.2 Å². The van der Waals surface area contributed by atoms with Crippen LogP contribution in [-0.4, -0.2) is 11.3 Å². The molecular weight excluding hydrogens is 342 g/mol. The maximum atomic E-state index is 9.56. The molecule has 0 atom stereocenters. The van der Waals surface area contributed by atoms with Crippen molar-refractivity contribution >= 4 is 22.1 Å². The minimum atomic E-state index is -2.33. The van der Waals surface area contributed by atoms with Crippen molar-refractivity contribution in [2.75, 3.05) is 0 Å². The molecule has 0 radical (unpaired) electrons. The Morgan fingerprint density at radius 2 is 1.76 bits per heavy atom. The van der Waals surface area contributed by atoms with Crippen LogP contribution in [0.2, 0.25) is 0 Å². The summed E-state index contributed by atoms with van der Waals surface area (Å²) in [6.07, 6.45) is 0.119. The Bertz CT molecular complexity index is 365. The van der Waals surface area contributed by atoms with Crippen LogP contribution in [0.15, 0.2) is 22.7 Å². The summed E-state index contributed by atoms with van der Waals surface area (Å²) in [5.74, 6) is 1.04. The third-order valence-electron chi connectivity index (χ3n) is 2.04. The monoisotopic (exact) mass is 350 g/mol. The molecule has 1 aliphatic rings. The van der Waals surface area contributed by atoms with E-state index >= 15 is 0 Å². The molecule has 4 nitrogen and oxygen atoms in total. The summed E-state index contributed by atoms with van der Waals surface area (Å²) >= 11 is 3.29. The van der Waals surface area contributed by atoms with Gasteiger partial charge < -0.3 is 20.1 Å². The van der Waals surface area contributed by atoms with Crippen molar-refractivity contribution in [3.63, 3.8) is 0 Å². The average molecular weight is 351 g/mol. The van der Waals surface area contributed by atoms with Gasteiger partial charge in [0.05, 0.1) is 4.47 Å². The largest absolute Gasteiger partial charge is 1.00 e. The van der Waals surface area contributed by atoms with Crippen LogP contribution in [0, 0.1) is 0 Å². The Hall–Kier alpha value is 2.04. The first kappa shape index (κ1) is 21.3. The zero-order valence-corrected chi connectivity index (χ0v) is 17.6. The second-order valence-corrected chi connectivity index (χ2v) is 4.06. The molecule has 82 valence electrons. The summed E-state index contributed by atoms with van der Waals surface area (Å²) in [6, 6.07) is 5.83. The van der Waals surface area contributed by atoms with Crippen molar-refractivity contribution in [2.45, 2.75) is 18.8 Å². The number of phenolic OH excluding ortho intramolecular Hbond substituents is 1. The molecule has 0 unspecified atom stereocenters. The van der Waals surface area contributed by atoms with Gasteiger partial charge in [0.25, 0.3) is 0 Å². The minimum Gasteiger partial charge on any atom is -0.652 e. The van der Waals surface area contributed by atoms with Crippen LogP contribution in [-0.2, 0) is 0 Å². The Balaban J connectivity index is 0. The third kappa shape index (κ3) is 8.75. The molecule has 7 heteroatoms. The number of hydrogen-bond donors (Lipinski definition) is 1. The van der Waals surface area contributed by atoms with Gasteiger partial charge in [-0.2, -0.15) is 0 Å². The Kier molecular flexibility index (Phi) is 13.5. The van der Waals surface area contributed by atoms with Crippen LogP contribution in [0.5, 0.6) is 5.75 Å². The second-order valence-electron chi connectivity index (χ2n) is 3.20. The van der Waals surface area contributed by atoms with E-state index in [1.54, 1.807) is 0 Å². The number of benzene rings is 1. The first-order valence-electron chi connectivity index (χ1n) is 4.37. The first-order valence-corrected chi connectivity index (χ1v) is 5.17. The summed E-state index contributed by atoms with van der Waals surface area (Å²) in [4.78, 5) is 8.33. The van der Waals surface area contributed by atoms with Gasteiger partial charge in [0.1, 0.15) is 5.75 Å². The fourth-order valence-electron chi connectivity index (χ4n) is 1.26. The minimum absolute atomic E-state index is 0. The van der Waals surface area contributed by atoms with E-state index in [4.69, 9.17) is 15.0 Å². The van der Waals surface area contributed by atoms with Gasteiger partial charge in [0.15, 0.2) is 0 Å². The van der Waals surface area contributed by atoms with Gasteiger partial charge in [-0.1, -0.05) is 12.1 Å². The number of carbonyl (C=O) groups excluding carboxylic acids is 1. The van der Waals surface area contributed by atoms with E-state index in [0.29, 0.717) is 11.7 Å². The predicted octanol–water partition coefficient (Wildman–Crippen LogP) is -5.41. The van der Waals surface area contributed by atoms with Gasteiger partial charge in [-0.05, 0) is 52.5 Å². The van der Waals surface area contributed by atoms with Crippen molar-refractivity contribution in [1.82, 2.24) is 0 Å². The number of para-hydroxylation sites is 1. The van der Waals surface area contributed by atoms with Gasteiger partial charge in [-0.15, -0.1) is 0 Å². The number of aromatic hydroxyl groups is 1. The summed E-state index contributed by atoms with van der Waals surface area (Å²) in [6.45, 7) is 0. The molecule has 0 aromatic heterocycles. The molecule has 1 aromatic carbocycles. The Morgan fingerprint density at radius 3 is 2.18 bits per heavy atom. The number of carboxylic acid groups (broad SMARTS) is 2. The number of rotatable bonds is 1. The zero-order valence-electron chi connectivity index (χ0n) is 9.77. The fraction of sp³-hybridized carbons (Fsp3) is 0.300. The molecule has 0 amide bonds. The van der Waals surface area contributed by atoms with Gasteiger partial charge in [-0.3, -0.25) is 0 Å². The Labute approximate surface area is 193 Å². The molecule has 17 heavy (non-hydrogen) atoms. The fourth-order valence-corrected chi connectivity index (χ4v) is 1.64. The van der Waals surface area contributed by atoms with E-state index in [1.807, 2.05) is 18.2 Å². The molecule has 1 aromatic rings. The van der Waals surface area contributed by atoms with Gasteiger partial charge in [0.2, 0.25) is 0 Å². The molecular formula is C10H9BrK2O4. The second kappa shape index (κ2) is 10.8. The summed E-state index contributed by atoms with van der Waals surface area (Å²) < 4.78 is 0.807. The predicted molar refractivity (Wildman–Crippen MR) is 53.2 cm³/mol. The number of halogens is 1. The van der Waals surface area contributed by atoms with Crippen LogP contribution in [0.1, 0.15) is 24.3 Å². The molecule has 2 rings (SSSR count). The van der Waals surface area contributed by atoms with Gasteiger partial charge >= 0.3 is 103 Å². The van der Waals surface area contributed by atoms with E-state index < -0.39 is 6.16 Å². The van der Waals surface area contributed by atoms with Crippen molar-refractivity contribution in [1.29, 1.82) is 0 Å². The summed E-state index contributed by atoms with van der Waals surface area (Å²) in [5.41, 5.74) is 1.10. The van der Waals surface area contributed by atoms with Crippen LogP contribution in [0.25, 0.3) is 0 Å². The van der Waals surface area contributed by atoms with Gasteiger partial charge in [0, 0.05) is 0 Å². The van der Waals surface area contributed by atoms with Crippen LogP contribution < -0.4 is 113 Å². The van der Waals surface area contributed by atoms with E-state index in [1.165, 1.54) is 12.8 Å². The molecule has 0 bridgehead atoms. The van der Waals surface area contributed by atoms with E-state index in [9.17, 15) is 5.11 Å². The van der Waals surface area contributed by atoms with E-state index in [-0.39, 0.29) is 103 Å². The molecule has 0 saturated heterocycles. The SMILES string of the molecule is O=C([O-])[O-].Oc1c(Br)cccc1C1CC1.[K+].[K+]. The molecule has 0 spiro atoms. The summed E-state index contributed by atoms with van der Waals surface area (Å²) in [7, 11) is 0. The number of hydrogen-bond acceptors (Lipinski definition) is 4. The average Bonchev–Trinajstić information content (AvgIpc) is 2.92. The van der Waals surface area contributed by atoms with E-state index in [0.717, 1.165) is 10.0 Å². The third-order valence-corrected chi connectivity index (χ3v) is 2.68. The quantitative estimate of drug-likeness (QED) is 0.512. The van der Waals surface area contributed by atoms with Gasteiger partial charge in [-0.25, -0.2) is 0 Å². The molecule has 1 fully saturated rings. The van der Waals surface area contributed by atoms with Crippen molar-refractivity contribution in [3.8, 4) is 5.75 Å². The topological polar surface area (TPSA) is 83.4 Å². The van der Waals surface area contributed by atoms with Crippen LogP contribution >= 0.6 is 15.9 Å². The Morgan fingerprint density at radius 1 is 1.29 bits per heavy atom. The van der Waals surface area contributed by atoms with E-state index in [2.05, 4.69) is 15.9 Å². The molecule has 0 heterocycles. The number of phenols is 1. The van der Waals surface area contributed by atoms with Crippen LogP contribution in [0.4, 0.5) is 4.79 Å². The molecule has 0 aliphatic heterocycles. The molecule has 1 N–H and O–H groups in total. The smallest absolute Gasteiger partial charge is 0.652 e. The standard InChI is InChI=1S/C9H9BrO.CH2O3.2K/c10-8-3-1-2-7(9(8)11)6-4-5-6;2-1(3)4;;/h1-3,6,11H,4-5H2;(H2,2,3,4);;/q;;2*+1/p-2. The van der Waals surface area contributed by atoms with Crippen molar-refractivity contribution in [2.24, 2.45) is 0 Å². The van der Waals surface area contributed by atoms with Crippen molar-refractivity contribution < 1.29 is 123 Å². The maximum absolute atomic E-state index is 9.56. The maximum Gasteiger partial charge on any atom is 1.00 e. The normalized spacial score (nSPS) is 12.3. The first-order chi connectivity index (χ1) is 7.02. The molecule has 1 saturated carbocycles.